The second kappa shape index (κ2) is 15.9. The van der Waals surface area contributed by atoms with Crippen LogP contribution in [-0.4, -0.2) is 69.5 Å². The summed E-state index contributed by atoms with van der Waals surface area (Å²) in [6.45, 7) is 8.04. The van der Waals surface area contributed by atoms with Crippen LogP contribution in [0.2, 0.25) is 0 Å². The first-order chi connectivity index (χ1) is 16.9. The summed E-state index contributed by atoms with van der Waals surface area (Å²) in [7, 11) is 0. The van der Waals surface area contributed by atoms with Crippen LogP contribution in [0.1, 0.15) is 65.5 Å². The molecule has 9 N–H and O–H groups in total. The molecule has 1 aromatic heterocycles. The van der Waals surface area contributed by atoms with E-state index in [4.69, 9.17) is 11.5 Å². The molecule has 0 aliphatic rings. The van der Waals surface area contributed by atoms with Gasteiger partial charge in [0.05, 0.1) is 12.4 Å². The number of nitrogens with two attached hydrogens (primary N) is 2. The highest BCUT2D eigenvalue weighted by molar-refractivity contribution is 5.94. The molecule has 12 nitrogen and oxygen atoms in total. The third-order valence-electron chi connectivity index (χ3n) is 5.57. The lowest BCUT2D eigenvalue weighted by Gasteiger charge is -2.27. The molecule has 36 heavy (non-hydrogen) atoms. The summed E-state index contributed by atoms with van der Waals surface area (Å²) in [4.78, 5) is 57.3. The standard InChI is InChI=1S/C24H43N7O5/c1-14(2)9-19(30-21(32)17(26)11-16-12-27-13-28-16)23(34)31-20(10-15(3)4)22(33)29-18(24(35)36)7-5-6-8-25/h12-15,17-20H,5-11,25-26H2,1-4H3,(H,27,28)(H,29,33)(H,30,32)(H,31,34)(H,35,36). The molecule has 3 amide bonds. The molecular weight excluding hydrogens is 466 g/mol. The molecule has 0 aromatic carbocycles. The van der Waals surface area contributed by atoms with E-state index in [1.807, 2.05) is 27.7 Å². The number of carboxylic acids is 1. The van der Waals surface area contributed by atoms with Crippen molar-refractivity contribution in [3.05, 3.63) is 18.2 Å². The summed E-state index contributed by atoms with van der Waals surface area (Å²) in [6, 6.07) is -3.85. The number of rotatable bonds is 17. The van der Waals surface area contributed by atoms with Crippen LogP contribution in [0.15, 0.2) is 12.5 Å². The summed E-state index contributed by atoms with van der Waals surface area (Å²) in [5.41, 5.74) is 12.2. The lowest BCUT2D eigenvalue weighted by atomic mass is 9.99. The normalized spacial score (nSPS) is 14.7. The summed E-state index contributed by atoms with van der Waals surface area (Å²) in [6.07, 6.45) is 5.35. The topological polar surface area (TPSA) is 205 Å². The number of aromatic amines is 1. The maximum absolute atomic E-state index is 13.2. The molecule has 1 heterocycles. The molecule has 0 saturated carbocycles. The van der Waals surface area contributed by atoms with Crippen molar-refractivity contribution in [3.63, 3.8) is 0 Å². The first-order valence-electron chi connectivity index (χ1n) is 12.5. The van der Waals surface area contributed by atoms with Crippen molar-refractivity contribution in [2.24, 2.45) is 23.3 Å². The van der Waals surface area contributed by atoms with E-state index in [2.05, 4.69) is 25.9 Å². The lowest BCUT2D eigenvalue weighted by Crippen LogP contribution is -2.57. The number of aliphatic carboxylic acids is 1. The number of nitrogens with zero attached hydrogens (tertiary/aromatic N) is 1. The average molecular weight is 510 g/mol. The van der Waals surface area contributed by atoms with E-state index in [1.54, 1.807) is 6.20 Å². The van der Waals surface area contributed by atoms with Crippen molar-refractivity contribution in [2.75, 3.05) is 6.54 Å². The van der Waals surface area contributed by atoms with Gasteiger partial charge in [-0.25, -0.2) is 9.78 Å². The number of H-pyrrole nitrogens is 1. The van der Waals surface area contributed by atoms with E-state index in [1.165, 1.54) is 6.33 Å². The molecule has 0 saturated heterocycles. The van der Waals surface area contributed by atoms with E-state index in [-0.39, 0.29) is 24.7 Å². The van der Waals surface area contributed by atoms with Crippen LogP contribution in [0.3, 0.4) is 0 Å². The highest BCUT2D eigenvalue weighted by Crippen LogP contribution is 2.11. The van der Waals surface area contributed by atoms with Gasteiger partial charge in [0.1, 0.15) is 18.1 Å². The van der Waals surface area contributed by atoms with Gasteiger partial charge in [0, 0.05) is 18.3 Å². The van der Waals surface area contributed by atoms with E-state index in [9.17, 15) is 24.3 Å². The van der Waals surface area contributed by atoms with Crippen LogP contribution in [-0.2, 0) is 25.6 Å². The third kappa shape index (κ3) is 11.6. The lowest BCUT2D eigenvalue weighted by molar-refractivity contribution is -0.142. The van der Waals surface area contributed by atoms with Gasteiger partial charge in [0.2, 0.25) is 17.7 Å². The Bertz CT molecular complexity index is 829. The van der Waals surface area contributed by atoms with Gasteiger partial charge in [-0.15, -0.1) is 0 Å². The number of hydrogen-bond donors (Lipinski definition) is 7. The zero-order valence-electron chi connectivity index (χ0n) is 21.8. The van der Waals surface area contributed by atoms with Crippen molar-refractivity contribution in [2.45, 2.75) is 90.4 Å². The molecular formula is C24H43N7O5. The Hall–Kier alpha value is -2.99. The Morgan fingerprint density at radius 3 is 1.89 bits per heavy atom. The molecule has 0 aliphatic carbocycles. The number of amides is 3. The Labute approximate surface area is 212 Å². The molecule has 0 radical (unpaired) electrons. The minimum Gasteiger partial charge on any atom is -0.480 e. The molecule has 4 unspecified atom stereocenters. The van der Waals surface area contributed by atoms with Crippen molar-refractivity contribution < 1.29 is 24.3 Å². The van der Waals surface area contributed by atoms with Crippen molar-refractivity contribution in [1.29, 1.82) is 0 Å². The number of unbranched alkanes of at least 4 members (excludes halogenated alkanes) is 1. The minimum atomic E-state index is -1.15. The zero-order chi connectivity index (χ0) is 27.3. The number of carbonyl (C=O) groups excluding carboxylic acids is 3. The van der Waals surface area contributed by atoms with Gasteiger partial charge >= 0.3 is 5.97 Å². The van der Waals surface area contributed by atoms with E-state index < -0.39 is 47.9 Å². The minimum absolute atomic E-state index is 0.0440. The fraction of sp³-hybridized carbons (Fsp3) is 0.708. The Kier molecular flexibility index (Phi) is 13.7. The molecule has 1 rings (SSSR count). The second-order valence-electron chi connectivity index (χ2n) is 9.95. The van der Waals surface area contributed by atoms with Crippen LogP contribution in [0.25, 0.3) is 0 Å². The SMILES string of the molecule is CC(C)CC(NC(=O)C(N)Cc1cnc[nH]1)C(=O)NC(CC(C)C)C(=O)NC(CCCCN)C(=O)O. The molecule has 0 fully saturated rings. The second-order valence-corrected chi connectivity index (χ2v) is 9.95. The molecule has 0 spiro atoms. The molecule has 204 valence electrons. The number of carboxylic acid groups (broad SMARTS) is 1. The first kappa shape index (κ1) is 31.0. The van der Waals surface area contributed by atoms with Gasteiger partial charge in [0.15, 0.2) is 0 Å². The van der Waals surface area contributed by atoms with Crippen LogP contribution in [0.4, 0.5) is 0 Å². The van der Waals surface area contributed by atoms with Gasteiger partial charge in [-0.2, -0.15) is 0 Å². The quantitative estimate of drug-likeness (QED) is 0.142. The van der Waals surface area contributed by atoms with Crippen LogP contribution in [0, 0.1) is 11.8 Å². The van der Waals surface area contributed by atoms with Gasteiger partial charge in [0.25, 0.3) is 0 Å². The number of aromatic nitrogens is 2. The van der Waals surface area contributed by atoms with Crippen LogP contribution < -0.4 is 27.4 Å². The summed E-state index contributed by atoms with van der Waals surface area (Å²) in [5.74, 6) is -2.64. The predicted molar refractivity (Wildman–Crippen MR) is 136 cm³/mol. The number of carbonyl (C=O) groups is 4. The van der Waals surface area contributed by atoms with Gasteiger partial charge in [-0.1, -0.05) is 27.7 Å². The highest BCUT2D eigenvalue weighted by Gasteiger charge is 2.31. The summed E-state index contributed by atoms with van der Waals surface area (Å²) in [5, 5.41) is 17.5. The fourth-order valence-electron chi connectivity index (χ4n) is 3.71. The number of hydrogen-bond acceptors (Lipinski definition) is 7. The Balaban J connectivity index is 2.91. The molecule has 0 aliphatic heterocycles. The summed E-state index contributed by atoms with van der Waals surface area (Å²) >= 11 is 0. The maximum atomic E-state index is 13.2. The fourth-order valence-corrected chi connectivity index (χ4v) is 3.71. The van der Waals surface area contributed by atoms with E-state index in [0.29, 0.717) is 37.9 Å². The Morgan fingerprint density at radius 2 is 1.44 bits per heavy atom. The monoisotopic (exact) mass is 509 g/mol. The molecule has 0 bridgehead atoms. The maximum Gasteiger partial charge on any atom is 0.326 e. The number of nitrogens with one attached hydrogen (secondary N) is 4. The predicted octanol–water partition coefficient (Wildman–Crippen LogP) is 0.0397. The summed E-state index contributed by atoms with van der Waals surface area (Å²) < 4.78 is 0. The molecule has 4 atom stereocenters. The zero-order valence-corrected chi connectivity index (χ0v) is 21.8. The first-order valence-corrected chi connectivity index (χ1v) is 12.5. The van der Waals surface area contributed by atoms with E-state index in [0.717, 1.165) is 0 Å². The molecule has 12 heteroatoms. The Morgan fingerprint density at radius 1 is 0.917 bits per heavy atom. The largest absolute Gasteiger partial charge is 0.480 e. The average Bonchev–Trinajstić information content (AvgIpc) is 3.29. The number of imidazole rings is 1. The van der Waals surface area contributed by atoms with Crippen LogP contribution >= 0.6 is 0 Å². The third-order valence-corrected chi connectivity index (χ3v) is 5.57. The smallest absolute Gasteiger partial charge is 0.326 e. The van der Waals surface area contributed by atoms with Crippen molar-refractivity contribution >= 4 is 23.7 Å². The van der Waals surface area contributed by atoms with Crippen molar-refractivity contribution in [1.82, 2.24) is 25.9 Å². The molecule has 1 aromatic rings. The highest BCUT2D eigenvalue weighted by atomic mass is 16.4. The van der Waals surface area contributed by atoms with Gasteiger partial charge < -0.3 is 37.5 Å². The van der Waals surface area contributed by atoms with Gasteiger partial charge in [-0.05, 0) is 50.5 Å². The van der Waals surface area contributed by atoms with Crippen LogP contribution in [0.5, 0.6) is 0 Å². The van der Waals surface area contributed by atoms with Gasteiger partial charge in [-0.3, -0.25) is 14.4 Å². The van der Waals surface area contributed by atoms with Crippen molar-refractivity contribution in [3.8, 4) is 0 Å². The van der Waals surface area contributed by atoms with E-state index >= 15 is 0 Å².